The highest BCUT2D eigenvalue weighted by molar-refractivity contribution is 6.30. The molecule has 6 nitrogen and oxygen atoms in total. The molecule has 0 aliphatic rings. The van der Waals surface area contributed by atoms with Crippen molar-refractivity contribution < 1.29 is 0 Å². The first-order chi connectivity index (χ1) is 8.06. The molecule has 0 amide bonds. The third kappa shape index (κ3) is 2.54. The van der Waals surface area contributed by atoms with Crippen LogP contribution in [0.3, 0.4) is 0 Å². The van der Waals surface area contributed by atoms with Crippen molar-refractivity contribution in [3.8, 4) is 0 Å². The summed E-state index contributed by atoms with van der Waals surface area (Å²) in [6.07, 6.45) is 2.82. The van der Waals surface area contributed by atoms with Gasteiger partial charge in [0.05, 0.1) is 12.2 Å². The molecular weight excluding hydrogens is 244 g/mol. The Balaban J connectivity index is 2.40. The molecule has 0 aliphatic carbocycles. The maximum atomic E-state index is 11.5. The molecule has 0 atom stereocenters. The average Bonchev–Trinajstić information content (AvgIpc) is 2.26. The Hall–Kier alpha value is -2.08. The number of anilines is 1. The van der Waals surface area contributed by atoms with E-state index in [1.807, 2.05) is 0 Å². The molecule has 17 heavy (non-hydrogen) atoms. The Morgan fingerprint density at radius 2 is 2.24 bits per heavy atom. The van der Waals surface area contributed by atoms with E-state index in [-0.39, 0.29) is 11.6 Å². The molecule has 7 heteroatoms. The number of nitrogen functional groups attached to an aromatic ring is 1. The van der Waals surface area contributed by atoms with Gasteiger partial charge < -0.3 is 5.73 Å². The van der Waals surface area contributed by atoms with Crippen LogP contribution in [0, 0.1) is 0 Å². The van der Waals surface area contributed by atoms with Gasteiger partial charge in [0, 0.05) is 18.1 Å². The van der Waals surface area contributed by atoms with E-state index in [9.17, 15) is 9.59 Å². The topological polar surface area (TPSA) is 93.8 Å². The summed E-state index contributed by atoms with van der Waals surface area (Å²) in [5.41, 5.74) is 5.61. The lowest BCUT2D eigenvalue weighted by Gasteiger charge is -2.05. The minimum atomic E-state index is -0.603. The third-order valence-corrected chi connectivity index (χ3v) is 2.41. The summed E-state index contributed by atoms with van der Waals surface area (Å²) < 4.78 is 1.26. The van der Waals surface area contributed by atoms with Gasteiger partial charge in [-0.1, -0.05) is 11.6 Å². The third-order valence-electron chi connectivity index (χ3n) is 2.14. The molecule has 2 rings (SSSR count). The quantitative estimate of drug-likeness (QED) is 0.799. The lowest BCUT2D eigenvalue weighted by Crippen LogP contribution is -2.30. The molecule has 0 aliphatic heterocycles. The van der Waals surface area contributed by atoms with E-state index in [0.717, 1.165) is 0 Å². The highest BCUT2D eigenvalue weighted by Crippen LogP contribution is 2.04. The van der Waals surface area contributed by atoms with Crippen LogP contribution in [0.25, 0.3) is 0 Å². The smallest absolute Gasteiger partial charge is 0.328 e. The van der Waals surface area contributed by atoms with Gasteiger partial charge in [-0.15, -0.1) is 0 Å². The van der Waals surface area contributed by atoms with E-state index in [0.29, 0.717) is 11.4 Å². The van der Waals surface area contributed by atoms with Crippen molar-refractivity contribution in [3.05, 3.63) is 56.1 Å². The fraction of sp³-hybridized carbons (Fsp3) is 0.100. The summed E-state index contributed by atoms with van der Waals surface area (Å²) in [6.45, 7) is 0.195. The van der Waals surface area contributed by atoms with Crippen molar-refractivity contribution in [3.63, 3.8) is 0 Å². The molecule has 2 aromatic rings. The van der Waals surface area contributed by atoms with E-state index in [1.165, 1.54) is 10.8 Å². The van der Waals surface area contributed by atoms with Crippen LogP contribution >= 0.6 is 11.6 Å². The molecule has 2 aromatic heterocycles. The average molecular weight is 253 g/mol. The van der Waals surface area contributed by atoms with Crippen LogP contribution in [0.5, 0.6) is 0 Å². The molecule has 0 spiro atoms. The molecule has 0 saturated heterocycles. The van der Waals surface area contributed by atoms with Crippen LogP contribution in [0.4, 0.5) is 5.69 Å². The van der Waals surface area contributed by atoms with Gasteiger partial charge in [0.1, 0.15) is 5.02 Å². The number of pyridine rings is 1. The lowest BCUT2D eigenvalue weighted by atomic mass is 10.3. The van der Waals surface area contributed by atoms with E-state index in [1.54, 1.807) is 18.3 Å². The molecule has 2 heterocycles. The Bertz CT molecular complexity index is 662. The summed E-state index contributed by atoms with van der Waals surface area (Å²) in [5.74, 6) is 0. The first-order valence-electron chi connectivity index (χ1n) is 4.76. The Morgan fingerprint density at radius 1 is 1.47 bits per heavy atom. The summed E-state index contributed by atoms with van der Waals surface area (Å²) in [6, 6.07) is 3.29. The molecule has 0 unspecified atom stereocenters. The standard InChI is InChI=1S/C10H9ClN4O2/c11-8-5-15(10(17)14-9(8)16)4-7-3-6(12)1-2-13-7/h1-3,5H,4H2,(H2,12,13)(H,14,16,17). The second kappa shape index (κ2) is 4.42. The number of nitrogens with zero attached hydrogens (tertiary/aromatic N) is 2. The highest BCUT2D eigenvalue weighted by atomic mass is 35.5. The number of rotatable bonds is 2. The van der Waals surface area contributed by atoms with Gasteiger partial charge in [-0.05, 0) is 12.1 Å². The van der Waals surface area contributed by atoms with Crippen LogP contribution in [0.2, 0.25) is 5.02 Å². The minimum absolute atomic E-state index is 0.0477. The van der Waals surface area contributed by atoms with Crippen LogP contribution in [0.15, 0.2) is 34.1 Å². The summed E-state index contributed by atoms with van der Waals surface area (Å²) in [4.78, 5) is 28.7. The van der Waals surface area contributed by atoms with Gasteiger partial charge in [0.15, 0.2) is 0 Å². The molecule has 0 aromatic carbocycles. The van der Waals surface area contributed by atoms with Gasteiger partial charge >= 0.3 is 5.69 Å². The maximum Gasteiger partial charge on any atom is 0.328 e. The molecule has 0 radical (unpaired) electrons. The lowest BCUT2D eigenvalue weighted by molar-refractivity contribution is 0.706. The van der Waals surface area contributed by atoms with Crippen LogP contribution < -0.4 is 17.0 Å². The molecule has 0 saturated carbocycles. The largest absolute Gasteiger partial charge is 0.399 e. The fourth-order valence-electron chi connectivity index (χ4n) is 1.36. The van der Waals surface area contributed by atoms with Crippen LogP contribution in [-0.4, -0.2) is 14.5 Å². The van der Waals surface area contributed by atoms with Crippen molar-refractivity contribution in [2.24, 2.45) is 0 Å². The molecule has 0 fully saturated rings. The highest BCUT2D eigenvalue weighted by Gasteiger charge is 2.04. The Labute approximate surface area is 101 Å². The molecule has 88 valence electrons. The van der Waals surface area contributed by atoms with Crippen LogP contribution in [0.1, 0.15) is 5.69 Å². The van der Waals surface area contributed by atoms with Gasteiger partial charge in [-0.2, -0.15) is 0 Å². The number of aromatic nitrogens is 3. The number of nitrogens with two attached hydrogens (primary N) is 1. The van der Waals surface area contributed by atoms with Gasteiger partial charge in [0.2, 0.25) is 0 Å². The van der Waals surface area contributed by atoms with Gasteiger partial charge in [-0.25, -0.2) is 4.79 Å². The Morgan fingerprint density at radius 3 is 2.94 bits per heavy atom. The van der Waals surface area contributed by atoms with E-state index >= 15 is 0 Å². The molecule has 3 N–H and O–H groups in total. The normalized spacial score (nSPS) is 10.4. The van der Waals surface area contributed by atoms with E-state index in [4.69, 9.17) is 17.3 Å². The predicted molar refractivity (Wildman–Crippen MR) is 64.1 cm³/mol. The number of aromatic amines is 1. The second-order valence-corrected chi connectivity index (χ2v) is 3.85. The van der Waals surface area contributed by atoms with Gasteiger partial charge in [-0.3, -0.25) is 19.3 Å². The minimum Gasteiger partial charge on any atom is -0.399 e. The van der Waals surface area contributed by atoms with Crippen LogP contribution in [-0.2, 0) is 6.54 Å². The first kappa shape index (κ1) is 11.4. The van der Waals surface area contributed by atoms with Crippen molar-refractivity contribution in [2.45, 2.75) is 6.54 Å². The number of hydrogen-bond acceptors (Lipinski definition) is 4. The Kier molecular flexibility index (Phi) is 2.97. The SMILES string of the molecule is Nc1ccnc(Cn2cc(Cl)c(=O)[nH]c2=O)c1. The zero-order chi connectivity index (χ0) is 12.4. The first-order valence-corrected chi connectivity index (χ1v) is 5.14. The number of hydrogen-bond donors (Lipinski definition) is 2. The van der Waals surface area contributed by atoms with Crippen molar-refractivity contribution >= 4 is 17.3 Å². The van der Waals surface area contributed by atoms with Crippen molar-refractivity contribution in [1.29, 1.82) is 0 Å². The molecule has 0 bridgehead atoms. The number of H-pyrrole nitrogens is 1. The van der Waals surface area contributed by atoms with E-state index < -0.39 is 11.2 Å². The monoisotopic (exact) mass is 252 g/mol. The number of nitrogens with one attached hydrogen (secondary N) is 1. The second-order valence-electron chi connectivity index (χ2n) is 3.44. The predicted octanol–water partition coefficient (Wildman–Crippen LogP) is 0.215. The number of halogens is 1. The zero-order valence-corrected chi connectivity index (χ0v) is 9.44. The van der Waals surface area contributed by atoms with Gasteiger partial charge in [0.25, 0.3) is 5.56 Å². The summed E-state index contributed by atoms with van der Waals surface area (Å²) in [7, 11) is 0. The van der Waals surface area contributed by atoms with Crippen molar-refractivity contribution in [2.75, 3.05) is 5.73 Å². The van der Waals surface area contributed by atoms with Crippen molar-refractivity contribution in [1.82, 2.24) is 14.5 Å². The fourth-order valence-corrected chi connectivity index (χ4v) is 1.52. The zero-order valence-electron chi connectivity index (χ0n) is 8.68. The maximum absolute atomic E-state index is 11.5. The summed E-state index contributed by atoms with van der Waals surface area (Å²) >= 11 is 5.63. The van der Waals surface area contributed by atoms with E-state index in [2.05, 4.69) is 9.97 Å². The summed E-state index contributed by atoms with van der Waals surface area (Å²) in [5, 5.41) is -0.0477. The molecular formula is C10H9ClN4O2.